The average molecular weight is 416 g/mol. The number of carbonyl (C=O) groups excluding carboxylic acids is 1. The van der Waals surface area contributed by atoms with Crippen molar-refractivity contribution in [2.75, 3.05) is 29.0 Å². The lowest BCUT2D eigenvalue weighted by molar-refractivity contribution is 0.102. The van der Waals surface area contributed by atoms with Crippen LogP contribution in [0.2, 0.25) is 0 Å². The number of nitrogens with zero attached hydrogens (tertiary/aromatic N) is 1. The normalized spacial score (nSPS) is 20.1. The fourth-order valence-corrected chi connectivity index (χ4v) is 4.33. The highest BCUT2D eigenvalue weighted by molar-refractivity contribution is 9.10. The summed E-state index contributed by atoms with van der Waals surface area (Å²) in [4.78, 5) is 15.1. The van der Waals surface area contributed by atoms with Gasteiger partial charge in [0.2, 0.25) is 0 Å². The Balaban J connectivity index is 1.89. The van der Waals surface area contributed by atoms with Crippen molar-refractivity contribution in [3.8, 4) is 0 Å². The minimum atomic E-state index is -0.167. The molecule has 1 aliphatic heterocycles. The lowest BCUT2D eigenvalue weighted by atomic mass is 9.91. The largest absolute Gasteiger partial charge is 0.397 e. The molecule has 1 amide bonds. The van der Waals surface area contributed by atoms with E-state index in [9.17, 15) is 4.79 Å². The standard InChI is InChI=1S/C21H26BrN3O/c1-13-8-14(2)12-25(11-13)20-10-19(18(23)9-15(20)3)24-21(26)16-6-4-5-7-17(16)22/h4-7,9-10,13-14H,8,11-12,23H2,1-3H3,(H,24,26). The zero-order valence-electron chi connectivity index (χ0n) is 15.6. The van der Waals surface area contributed by atoms with Gasteiger partial charge in [0, 0.05) is 23.2 Å². The monoisotopic (exact) mass is 415 g/mol. The molecular formula is C21H26BrN3O. The summed E-state index contributed by atoms with van der Waals surface area (Å²) < 4.78 is 0.766. The number of rotatable bonds is 3. The topological polar surface area (TPSA) is 58.4 Å². The third-order valence-corrected chi connectivity index (χ3v) is 5.64. The Kier molecular flexibility index (Phi) is 5.56. The molecule has 1 saturated heterocycles. The first-order chi connectivity index (χ1) is 12.3. The maximum Gasteiger partial charge on any atom is 0.256 e. The molecule has 3 N–H and O–H groups in total. The number of anilines is 3. The first-order valence-electron chi connectivity index (χ1n) is 9.06. The molecule has 0 saturated carbocycles. The molecule has 2 unspecified atom stereocenters. The van der Waals surface area contributed by atoms with Crippen LogP contribution in [0.25, 0.3) is 0 Å². The summed E-state index contributed by atoms with van der Waals surface area (Å²) in [5.41, 5.74) is 10.3. The predicted octanol–water partition coefficient (Wildman–Crippen LogP) is 5.07. The van der Waals surface area contributed by atoms with E-state index >= 15 is 0 Å². The Bertz CT molecular complexity index is 811. The van der Waals surface area contributed by atoms with Crippen LogP contribution in [-0.4, -0.2) is 19.0 Å². The Morgan fingerprint density at radius 1 is 1.19 bits per heavy atom. The number of benzene rings is 2. The Morgan fingerprint density at radius 2 is 1.85 bits per heavy atom. The van der Waals surface area contributed by atoms with Gasteiger partial charge in [-0.05, 0) is 70.9 Å². The minimum absolute atomic E-state index is 0.167. The van der Waals surface area contributed by atoms with Gasteiger partial charge in [-0.25, -0.2) is 0 Å². The molecule has 2 aromatic carbocycles. The van der Waals surface area contributed by atoms with E-state index < -0.39 is 0 Å². The molecule has 2 aromatic rings. The summed E-state index contributed by atoms with van der Waals surface area (Å²) in [5, 5.41) is 2.98. The van der Waals surface area contributed by atoms with Crippen LogP contribution in [0, 0.1) is 18.8 Å². The molecule has 0 bridgehead atoms. The summed E-state index contributed by atoms with van der Waals surface area (Å²) in [6.07, 6.45) is 1.26. The SMILES string of the molecule is Cc1cc(N)c(NC(=O)c2ccccc2Br)cc1N1CC(C)CC(C)C1. The second kappa shape index (κ2) is 7.70. The minimum Gasteiger partial charge on any atom is -0.397 e. The van der Waals surface area contributed by atoms with Crippen LogP contribution < -0.4 is 16.0 Å². The number of hydrogen-bond donors (Lipinski definition) is 2. The van der Waals surface area contributed by atoms with Crippen molar-refractivity contribution in [1.82, 2.24) is 0 Å². The molecular weight excluding hydrogens is 390 g/mol. The second-order valence-electron chi connectivity index (χ2n) is 7.51. The first kappa shape index (κ1) is 18.8. The van der Waals surface area contributed by atoms with E-state index in [0.29, 0.717) is 28.8 Å². The highest BCUT2D eigenvalue weighted by atomic mass is 79.9. The lowest BCUT2D eigenvalue weighted by Gasteiger charge is -2.37. The van der Waals surface area contributed by atoms with Gasteiger partial charge < -0.3 is 16.0 Å². The maximum atomic E-state index is 12.7. The lowest BCUT2D eigenvalue weighted by Crippen LogP contribution is -2.39. The molecule has 2 atom stereocenters. The summed E-state index contributed by atoms with van der Waals surface area (Å²) in [6.45, 7) is 8.74. The Morgan fingerprint density at radius 3 is 2.50 bits per heavy atom. The van der Waals surface area contributed by atoms with Gasteiger partial charge in [0.1, 0.15) is 0 Å². The molecule has 0 spiro atoms. The van der Waals surface area contributed by atoms with E-state index in [-0.39, 0.29) is 5.91 Å². The van der Waals surface area contributed by atoms with E-state index in [1.807, 2.05) is 30.3 Å². The van der Waals surface area contributed by atoms with Gasteiger partial charge in [-0.1, -0.05) is 26.0 Å². The summed E-state index contributed by atoms with van der Waals surface area (Å²) in [6, 6.07) is 11.4. The molecule has 26 heavy (non-hydrogen) atoms. The number of piperidine rings is 1. The Labute approximate surface area is 163 Å². The fraction of sp³-hybridized carbons (Fsp3) is 0.381. The molecule has 5 heteroatoms. The summed E-state index contributed by atoms with van der Waals surface area (Å²) in [5.74, 6) is 1.15. The van der Waals surface area contributed by atoms with Gasteiger partial charge in [0.05, 0.1) is 16.9 Å². The molecule has 1 aliphatic rings. The number of carbonyl (C=O) groups is 1. The van der Waals surface area contributed by atoms with Crippen LogP contribution in [0.4, 0.5) is 17.1 Å². The van der Waals surface area contributed by atoms with E-state index in [1.165, 1.54) is 6.42 Å². The van der Waals surface area contributed by atoms with Crippen LogP contribution in [0.3, 0.4) is 0 Å². The van der Waals surface area contributed by atoms with Crippen molar-refractivity contribution in [3.05, 3.63) is 52.0 Å². The number of aryl methyl sites for hydroxylation is 1. The highest BCUT2D eigenvalue weighted by Gasteiger charge is 2.24. The molecule has 0 aliphatic carbocycles. The number of nitrogen functional groups attached to an aromatic ring is 1. The van der Waals surface area contributed by atoms with Crippen molar-refractivity contribution in [3.63, 3.8) is 0 Å². The number of amides is 1. The molecule has 4 nitrogen and oxygen atoms in total. The van der Waals surface area contributed by atoms with E-state index in [2.05, 4.69) is 46.9 Å². The molecule has 1 fully saturated rings. The number of hydrogen-bond acceptors (Lipinski definition) is 3. The van der Waals surface area contributed by atoms with E-state index in [4.69, 9.17) is 5.73 Å². The maximum absolute atomic E-state index is 12.7. The number of nitrogens with one attached hydrogen (secondary N) is 1. The predicted molar refractivity (Wildman–Crippen MR) is 113 cm³/mol. The highest BCUT2D eigenvalue weighted by Crippen LogP contribution is 2.34. The molecule has 138 valence electrons. The molecule has 0 radical (unpaired) electrons. The van der Waals surface area contributed by atoms with Gasteiger partial charge >= 0.3 is 0 Å². The van der Waals surface area contributed by atoms with E-state index in [1.54, 1.807) is 6.07 Å². The van der Waals surface area contributed by atoms with Crippen LogP contribution in [0.1, 0.15) is 36.2 Å². The first-order valence-corrected chi connectivity index (χ1v) is 9.85. The van der Waals surface area contributed by atoms with Gasteiger partial charge in [-0.2, -0.15) is 0 Å². The summed E-state index contributed by atoms with van der Waals surface area (Å²) >= 11 is 3.43. The van der Waals surface area contributed by atoms with Crippen LogP contribution >= 0.6 is 15.9 Å². The van der Waals surface area contributed by atoms with Crippen molar-refractivity contribution < 1.29 is 4.79 Å². The Hall–Kier alpha value is -2.01. The molecule has 0 aromatic heterocycles. The van der Waals surface area contributed by atoms with Gasteiger partial charge in [-0.15, -0.1) is 0 Å². The van der Waals surface area contributed by atoms with Crippen LogP contribution in [-0.2, 0) is 0 Å². The van der Waals surface area contributed by atoms with Crippen molar-refractivity contribution in [1.29, 1.82) is 0 Å². The summed E-state index contributed by atoms with van der Waals surface area (Å²) in [7, 11) is 0. The van der Waals surface area contributed by atoms with Crippen molar-refractivity contribution in [2.24, 2.45) is 11.8 Å². The fourth-order valence-electron chi connectivity index (χ4n) is 3.86. The quantitative estimate of drug-likeness (QED) is 0.687. The van der Waals surface area contributed by atoms with Crippen LogP contribution in [0.5, 0.6) is 0 Å². The zero-order valence-corrected chi connectivity index (χ0v) is 17.1. The molecule has 1 heterocycles. The van der Waals surface area contributed by atoms with Crippen molar-refractivity contribution >= 4 is 38.9 Å². The smallest absolute Gasteiger partial charge is 0.256 e. The van der Waals surface area contributed by atoms with Gasteiger partial charge in [-0.3, -0.25) is 4.79 Å². The van der Waals surface area contributed by atoms with Gasteiger partial charge in [0.25, 0.3) is 5.91 Å². The third-order valence-electron chi connectivity index (χ3n) is 4.94. The zero-order chi connectivity index (χ0) is 18.8. The van der Waals surface area contributed by atoms with Crippen LogP contribution in [0.15, 0.2) is 40.9 Å². The number of halogens is 1. The average Bonchev–Trinajstić information content (AvgIpc) is 2.56. The molecule has 3 rings (SSSR count). The second-order valence-corrected chi connectivity index (χ2v) is 8.37. The van der Waals surface area contributed by atoms with Gasteiger partial charge in [0.15, 0.2) is 0 Å². The van der Waals surface area contributed by atoms with Crippen molar-refractivity contribution in [2.45, 2.75) is 27.2 Å². The third kappa shape index (κ3) is 4.04. The van der Waals surface area contributed by atoms with E-state index in [0.717, 1.165) is 28.8 Å². The number of nitrogens with two attached hydrogens (primary N) is 1.